The van der Waals surface area contributed by atoms with E-state index >= 15 is 0 Å². The van der Waals surface area contributed by atoms with Gasteiger partial charge in [-0.2, -0.15) is 0 Å². The van der Waals surface area contributed by atoms with Crippen molar-refractivity contribution in [1.82, 2.24) is 4.90 Å². The Bertz CT molecular complexity index is 698. The number of nitrogens with zero attached hydrogens (tertiary/aromatic N) is 1. The van der Waals surface area contributed by atoms with E-state index in [2.05, 4.69) is 5.32 Å². The number of benzene rings is 2. The minimum atomic E-state index is -0.362. The molecule has 23 heavy (non-hydrogen) atoms. The molecule has 0 atom stereocenters. The van der Waals surface area contributed by atoms with Crippen molar-refractivity contribution in [2.45, 2.75) is 20.4 Å². The minimum Gasteiger partial charge on any atom is -0.325 e. The van der Waals surface area contributed by atoms with Gasteiger partial charge < -0.3 is 5.32 Å². The number of hydrogen-bond donors (Lipinski definition) is 1. The SMILES string of the molecule is Cc1ccc(NC(=O)CN(C)Cc2c(F)cccc2Cl)cc1C. The molecule has 0 aliphatic rings. The summed E-state index contributed by atoms with van der Waals surface area (Å²) < 4.78 is 13.8. The van der Waals surface area contributed by atoms with Crippen LogP contribution in [0.5, 0.6) is 0 Å². The van der Waals surface area contributed by atoms with E-state index in [1.807, 2.05) is 32.0 Å². The molecule has 0 radical (unpaired) electrons. The number of aryl methyl sites for hydroxylation is 2. The third kappa shape index (κ3) is 4.78. The number of amides is 1. The van der Waals surface area contributed by atoms with Crippen LogP contribution < -0.4 is 5.32 Å². The summed E-state index contributed by atoms with van der Waals surface area (Å²) in [6.07, 6.45) is 0. The summed E-state index contributed by atoms with van der Waals surface area (Å²) in [7, 11) is 1.75. The monoisotopic (exact) mass is 334 g/mol. The van der Waals surface area contributed by atoms with E-state index in [0.717, 1.165) is 11.3 Å². The fourth-order valence-electron chi connectivity index (χ4n) is 2.27. The van der Waals surface area contributed by atoms with Gasteiger partial charge in [-0.3, -0.25) is 9.69 Å². The van der Waals surface area contributed by atoms with Crippen LogP contribution in [0.2, 0.25) is 5.02 Å². The topological polar surface area (TPSA) is 32.3 Å². The third-order valence-electron chi connectivity index (χ3n) is 3.69. The summed E-state index contributed by atoms with van der Waals surface area (Å²) in [5.74, 6) is -0.512. The fraction of sp³-hybridized carbons (Fsp3) is 0.278. The number of carbonyl (C=O) groups excluding carboxylic acids is 1. The van der Waals surface area contributed by atoms with Crippen LogP contribution in [0.15, 0.2) is 36.4 Å². The number of likely N-dealkylation sites (N-methyl/N-ethyl adjacent to an activating group) is 1. The zero-order valence-electron chi connectivity index (χ0n) is 13.5. The molecule has 0 aliphatic carbocycles. The van der Waals surface area contributed by atoms with Crippen LogP contribution in [0.3, 0.4) is 0 Å². The molecule has 0 aromatic heterocycles. The van der Waals surface area contributed by atoms with E-state index in [-0.39, 0.29) is 24.8 Å². The first-order valence-corrected chi connectivity index (χ1v) is 7.73. The highest BCUT2D eigenvalue weighted by Gasteiger charge is 2.12. The van der Waals surface area contributed by atoms with Crippen LogP contribution in [-0.2, 0) is 11.3 Å². The normalized spacial score (nSPS) is 10.9. The molecule has 0 fully saturated rings. The van der Waals surface area contributed by atoms with Crippen LogP contribution in [0, 0.1) is 19.7 Å². The Balaban J connectivity index is 1.95. The van der Waals surface area contributed by atoms with Crippen molar-refractivity contribution in [3.63, 3.8) is 0 Å². The summed E-state index contributed by atoms with van der Waals surface area (Å²) in [4.78, 5) is 13.8. The first-order valence-electron chi connectivity index (χ1n) is 7.35. The van der Waals surface area contributed by atoms with Gasteiger partial charge in [-0.05, 0) is 56.3 Å². The molecule has 122 valence electrons. The quantitative estimate of drug-likeness (QED) is 0.890. The Hall–Kier alpha value is -1.91. The van der Waals surface area contributed by atoms with E-state index in [9.17, 15) is 9.18 Å². The van der Waals surface area contributed by atoms with Crippen LogP contribution in [0.1, 0.15) is 16.7 Å². The van der Waals surface area contributed by atoms with Gasteiger partial charge in [0.25, 0.3) is 0 Å². The van der Waals surface area contributed by atoms with Gasteiger partial charge in [-0.15, -0.1) is 0 Å². The van der Waals surface area contributed by atoms with Gasteiger partial charge in [-0.25, -0.2) is 4.39 Å². The average Bonchev–Trinajstić information content (AvgIpc) is 2.47. The Morgan fingerprint density at radius 2 is 1.96 bits per heavy atom. The summed E-state index contributed by atoms with van der Waals surface area (Å²) in [6.45, 7) is 4.44. The summed E-state index contributed by atoms with van der Waals surface area (Å²) >= 11 is 6.00. The summed E-state index contributed by atoms with van der Waals surface area (Å²) in [5, 5.41) is 3.22. The van der Waals surface area contributed by atoms with Crippen molar-refractivity contribution in [3.8, 4) is 0 Å². The van der Waals surface area contributed by atoms with Crippen LogP contribution >= 0.6 is 11.6 Å². The largest absolute Gasteiger partial charge is 0.325 e. The van der Waals surface area contributed by atoms with Crippen LogP contribution in [0.4, 0.5) is 10.1 Å². The van der Waals surface area contributed by atoms with E-state index in [1.165, 1.54) is 11.6 Å². The molecule has 2 rings (SSSR count). The predicted molar refractivity (Wildman–Crippen MR) is 92.3 cm³/mol. The highest BCUT2D eigenvalue weighted by molar-refractivity contribution is 6.31. The molecule has 2 aromatic rings. The predicted octanol–water partition coefficient (Wildman–Crippen LogP) is 4.17. The zero-order chi connectivity index (χ0) is 17.0. The molecule has 3 nitrogen and oxygen atoms in total. The lowest BCUT2D eigenvalue weighted by Crippen LogP contribution is -2.30. The Labute approximate surface area is 141 Å². The molecule has 0 saturated carbocycles. The van der Waals surface area contributed by atoms with Gasteiger partial charge in [0.15, 0.2) is 0 Å². The molecule has 0 bridgehead atoms. The number of hydrogen-bond acceptors (Lipinski definition) is 2. The van der Waals surface area contributed by atoms with Crippen molar-refractivity contribution < 1.29 is 9.18 Å². The number of anilines is 1. The maximum Gasteiger partial charge on any atom is 0.238 e. The zero-order valence-corrected chi connectivity index (χ0v) is 14.2. The van der Waals surface area contributed by atoms with Gasteiger partial charge in [-0.1, -0.05) is 23.7 Å². The van der Waals surface area contributed by atoms with E-state index < -0.39 is 0 Å². The molecule has 2 aromatic carbocycles. The Kier molecular flexibility index (Phi) is 5.74. The van der Waals surface area contributed by atoms with E-state index in [0.29, 0.717) is 10.6 Å². The lowest BCUT2D eigenvalue weighted by atomic mass is 10.1. The van der Waals surface area contributed by atoms with Gasteiger partial charge in [0.2, 0.25) is 5.91 Å². The molecule has 0 unspecified atom stereocenters. The second-order valence-corrected chi connectivity index (χ2v) is 6.13. The summed E-state index contributed by atoms with van der Waals surface area (Å²) in [6, 6.07) is 10.3. The highest BCUT2D eigenvalue weighted by Crippen LogP contribution is 2.20. The fourth-order valence-corrected chi connectivity index (χ4v) is 2.50. The molecule has 1 amide bonds. The Morgan fingerprint density at radius 3 is 2.61 bits per heavy atom. The number of rotatable bonds is 5. The van der Waals surface area contributed by atoms with Gasteiger partial charge in [0.1, 0.15) is 5.82 Å². The highest BCUT2D eigenvalue weighted by atomic mass is 35.5. The van der Waals surface area contributed by atoms with Gasteiger partial charge in [0.05, 0.1) is 6.54 Å². The van der Waals surface area contributed by atoms with E-state index in [1.54, 1.807) is 24.1 Å². The lowest BCUT2D eigenvalue weighted by Gasteiger charge is -2.18. The van der Waals surface area contributed by atoms with Gasteiger partial charge >= 0.3 is 0 Å². The van der Waals surface area contributed by atoms with Crippen molar-refractivity contribution in [2.75, 3.05) is 18.9 Å². The molecule has 0 spiro atoms. The number of nitrogens with one attached hydrogen (secondary N) is 1. The number of carbonyl (C=O) groups is 1. The van der Waals surface area contributed by atoms with Crippen molar-refractivity contribution >= 4 is 23.2 Å². The van der Waals surface area contributed by atoms with Crippen molar-refractivity contribution in [1.29, 1.82) is 0 Å². The molecular weight excluding hydrogens is 315 g/mol. The van der Waals surface area contributed by atoms with Crippen LogP contribution in [-0.4, -0.2) is 24.4 Å². The Morgan fingerprint density at radius 1 is 1.22 bits per heavy atom. The standard InChI is InChI=1S/C18H20ClFN2O/c1-12-7-8-14(9-13(12)2)21-18(23)11-22(3)10-15-16(19)5-4-6-17(15)20/h4-9H,10-11H2,1-3H3,(H,21,23). The molecule has 0 saturated heterocycles. The molecular formula is C18H20ClFN2O. The minimum absolute atomic E-state index is 0.150. The molecule has 1 N–H and O–H groups in total. The maximum atomic E-state index is 13.8. The first-order chi connectivity index (χ1) is 10.9. The van der Waals surface area contributed by atoms with E-state index in [4.69, 9.17) is 11.6 Å². The smallest absolute Gasteiger partial charge is 0.238 e. The lowest BCUT2D eigenvalue weighted by molar-refractivity contribution is -0.117. The third-order valence-corrected chi connectivity index (χ3v) is 4.05. The molecule has 0 heterocycles. The molecule has 5 heteroatoms. The number of halogens is 2. The van der Waals surface area contributed by atoms with Crippen molar-refractivity contribution in [2.24, 2.45) is 0 Å². The molecule has 0 aliphatic heterocycles. The maximum absolute atomic E-state index is 13.8. The second-order valence-electron chi connectivity index (χ2n) is 5.72. The van der Waals surface area contributed by atoms with Gasteiger partial charge in [0, 0.05) is 22.8 Å². The second kappa shape index (κ2) is 7.57. The van der Waals surface area contributed by atoms with Crippen molar-refractivity contribution in [3.05, 3.63) is 63.9 Å². The summed E-state index contributed by atoms with van der Waals surface area (Å²) in [5.41, 5.74) is 3.45. The van der Waals surface area contributed by atoms with Crippen LogP contribution in [0.25, 0.3) is 0 Å². The first kappa shape index (κ1) is 17.4. The average molecular weight is 335 g/mol.